The van der Waals surface area contributed by atoms with Crippen molar-refractivity contribution in [2.45, 2.75) is 21.6 Å². The van der Waals surface area contributed by atoms with Gasteiger partial charge in [-0.25, -0.2) is 35.2 Å². The Labute approximate surface area is 310 Å². The second-order valence-electron chi connectivity index (χ2n) is 7.81. The van der Waals surface area contributed by atoms with Crippen LogP contribution in [0.25, 0.3) is 22.0 Å². The average Bonchev–Trinajstić information content (AvgIpc) is 2.82. The summed E-state index contributed by atoms with van der Waals surface area (Å²) < 4.78 is 119. The number of hydrogen-bond donors (Lipinski definition) is 0. The Morgan fingerprint density at radius 2 is 1.21 bits per heavy atom. The molecule has 0 aliphatic carbocycles. The molecule has 4 aromatic rings. The third-order valence-corrected chi connectivity index (χ3v) is 8.21. The van der Waals surface area contributed by atoms with Crippen molar-refractivity contribution in [3.8, 4) is 11.3 Å². The molecule has 21 heteroatoms. The summed E-state index contributed by atoms with van der Waals surface area (Å²) in [5.74, 6) is 0. The number of fused-ring (bicyclic) bond motifs is 1. The van der Waals surface area contributed by atoms with E-state index < -0.39 is 67.6 Å². The van der Waals surface area contributed by atoms with Crippen molar-refractivity contribution in [2.75, 3.05) is 0 Å². The first kappa shape index (κ1) is 39.6. The molecular weight excluding hydrogens is 672 g/mol. The molecule has 4 rings (SSSR count). The van der Waals surface area contributed by atoms with Crippen LogP contribution in [0.5, 0.6) is 0 Å². The van der Waals surface area contributed by atoms with Crippen molar-refractivity contribution < 1.29 is 132 Å². The van der Waals surface area contributed by atoms with Crippen LogP contribution in [0, 0.1) is 13.0 Å². The Morgan fingerprint density at radius 1 is 0.714 bits per heavy atom. The maximum atomic E-state index is 13.6. The number of aromatic nitrogens is 2. The van der Waals surface area contributed by atoms with E-state index in [2.05, 4.69) is 20.2 Å². The van der Waals surface area contributed by atoms with Gasteiger partial charge in [0.15, 0.2) is 0 Å². The number of rotatable bonds is 6. The molecule has 42 heavy (non-hydrogen) atoms. The van der Waals surface area contributed by atoms with Gasteiger partial charge in [-0.2, -0.15) is 14.6 Å². The molecule has 0 aliphatic rings. The van der Waals surface area contributed by atoms with Crippen molar-refractivity contribution in [1.29, 1.82) is 0 Å². The van der Waals surface area contributed by atoms with Gasteiger partial charge in [0, 0.05) is 16.3 Å². The predicted molar refractivity (Wildman–Crippen MR) is 129 cm³/mol. The fourth-order valence-electron chi connectivity index (χ4n) is 3.49. The van der Waals surface area contributed by atoms with Gasteiger partial charge < -0.3 is 13.7 Å². The van der Waals surface area contributed by atoms with E-state index in [4.69, 9.17) is 11.6 Å². The Bertz CT molecular complexity index is 2030. The number of hydrogen-bond acceptors (Lipinski definition) is 13. The first-order chi connectivity index (χ1) is 17.9. The second-order valence-corrected chi connectivity index (χ2v) is 12.3. The summed E-state index contributed by atoms with van der Waals surface area (Å²) in [6.07, 6.45) is -0.990. The minimum atomic E-state index is -5.47. The fraction of sp³-hybridized carbons (Fsp3) is 0.0476. The monoisotopic (exact) mass is 682 g/mol. The molecule has 13 nitrogen and oxygen atoms in total. The van der Waals surface area contributed by atoms with E-state index in [1.54, 1.807) is 0 Å². The van der Waals surface area contributed by atoms with Gasteiger partial charge in [-0.15, -0.1) is 0 Å². The first-order valence-electron chi connectivity index (χ1n) is 10.2. The third kappa shape index (κ3) is 9.06. The molecule has 0 bridgehead atoms. The number of halogens is 2. The van der Waals surface area contributed by atoms with Crippen molar-refractivity contribution in [3.63, 3.8) is 0 Å². The number of aryl methyl sites for hydroxylation is 1. The van der Waals surface area contributed by atoms with Crippen LogP contribution in [0.2, 0.25) is 5.02 Å². The normalized spacial score (nSPS) is 12.0. The zero-order chi connectivity index (χ0) is 28.9. The van der Waals surface area contributed by atoms with Crippen LogP contribution in [0.1, 0.15) is 5.69 Å². The molecule has 0 unspecified atom stereocenters. The minimum absolute atomic E-state index is 0. The van der Waals surface area contributed by atoms with E-state index in [9.17, 15) is 43.3 Å². The summed E-state index contributed by atoms with van der Waals surface area (Å²) in [7, 11) is -16.2. The molecule has 0 aliphatic heterocycles. The number of nitrogens with zero attached hydrogens (tertiary/aromatic N) is 4. The van der Waals surface area contributed by atoms with Gasteiger partial charge in [0.05, 0.1) is 42.5 Å². The average molecular weight is 683 g/mol. The molecule has 0 spiro atoms. The quantitative estimate of drug-likeness (QED) is 0.0808. The smallest absolute Gasteiger partial charge is 0.744 e. The maximum Gasteiger partial charge on any atom is 1.00 e. The van der Waals surface area contributed by atoms with Crippen molar-refractivity contribution in [3.05, 3.63) is 65.3 Å². The van der Waals surface area contributed by atoms with E-state index in [1.807, 2.05) is 0 Å². The third-order valence-electron chi connectivity index (χ3n) is 5.19. The maximum absolute atomic E-state index is 13.6. The van der Waals surface area contributed by atoms with Crippen LogP contribution in [0.4, 0.5) is 15.8 Å². The van der Waals surface area contributed by atoms with E-state index in [0.29, 0.717) is 17.7 Å². The standard InChI is InChI=1S/C21H14ClFN4O9S3.3Na/c1-10-19(22)20(25-21(23)24-10)11-2-4-12(5-3-11)26-27-13-6-15-16(17(7-13)38(31,32)33)8-14(37(28,29)30)9-18(15)39(34,35)36;;;/h2-9H,1H3,(H,28,29,30)(H,31,32,33)(H,34,35,36);;;/q;3*+1/p-3. The van der Waals surface area contributed by atoms with Gasteiger partial charge >= 0.3 is 94.8 Å². The molecular formula is C21H11ClFN4Na3O9S3. The van der Waals surface area contributed by atoms with Gasteiger partial charge in [0.1, 0.15) is 30.4 Å². The fourth-order valence-corrected chi connectivity index (χ4v) is 5.69. The van der Waals surface area contributed by atoms with Gasteiger partial charge in [0.25, 0.3) is 0 Å². The molecule has 0 atom stereocenters. The molecule has 0 amide bonds. The summed E-state index contributed by atoms with van der Waals surface area (Å²) in [6, 6.07) is 7.99. The summed E-state index contributed by atoms with van der Waals surface area (Å²) in [5.41, 5.74) is 0.458. The van der Waals surface area contributed by atoms with Crippen LogP contribution in [0.15, 0.2) is 73.4 Å². The molecule has 1 aromatic heterocycles. The Kier molecular flexibility index (Phi) is 13.9. The van der Waals surface area contributed by atoms with Crippen LogP contribution in [0.3, 0.4) is 0 Å². The zero-order valence-electron chi connectivity index (χ0n) is 22.1. The van der Waals surface area contributed by atoms with E-state index >= 15 is 0 Å². The molecule has 3 aromatic carbocycles. The molecule has 0 N–H and O–H groups in total. The molecule has 0 radical (unpaired) electrons. The molecule has 0 saturated carbocycles. The van der Waals surface area contributed by atoms with Crippen LogP contribution in [-0.4, -0.2) is 48.9 Å². The van der Waals surface area contributed by atoms with Gasteiger partial charge in [-0.3, -0.25) is 0 Å². The Balaban J connectivity index is 0.00000294. The summed E-state index contributed by atoms with van der Waals surface area (Å²) in [6.45, 7) is 1.49. The van der Waals surface area contributed by atoms with Gasteiger partial charge in [-0.05, 0) is 43.3 Å². The van der Waals surface area contributed by atoms with Gasteiger partial charge in [-0.1, -0.05) is 23.7 Å². The Hall–Kier alpha value is -0.450. The molecule has 0 saturated heterocycles. The summed E-state index contributed by atoms with van der Waals surface area (Å²) >= 11 is 6.14. The van der Waals surface area contributed by atoms with Crippen molar-refractivity contribution in [2.24, 2.45) is 10.2 Å². The zero-order valence-corrected chi connectivity index (χ0v) is 31.3. The summed E-state index contributed by atoms with van der Waals surface area (Å²) in [5, 5.41) is 6.29. The molecule has 0 fully saturated rings. The number of azo groups is 1. The van der Waals surface area contributed by atoms with Gasteiger partial charge in [0.2, 0.25) is 0 Å². The van der Waals surface area contributed by atoms with Crippen molar-refractivity contribution >= 4 is 64.1 Å². The van der Waals surface area contributed by atoms with Crippen LogP contribution >= 0.6 is 11.6 Å². The second kappa shape index (κ2) is 14.8. The minimum Gasteiger partial charge on any atom is -0.744 e. The first-order valence-corrected chi connectivity index (χ1v) is 14.8. The predicted octanol–water partition coefficient (Wildman–Crippen LogP) is -5.46. The summed E-state index contributed by atoms with van der Waals surface area (Å²) in [4.78, 5) is 3.53. The SMILES string of the molecule is Cc1nc(F)nc(-c2ccc(N=Nc3cc(S(=O)(=O)[O-])c4cc(S(=O)(=O)[O-])cc(S(=O)(=O)[O-])c4c3)cc2)c1Cl.[Na+].[Na+].[Na+]. The molecule has 204 valence electrons. The van der Waals surface area contributed by atoms with Crippen LogP contribution in [-0.2, 0) is 30.4 Å². The Morgan fingerprint density at radius 3 is 1.74 bits per heavy atom. The van der Waals surface area contributed by atoms with E-state index in [0.717, 1.165) is 6.07 Å². The van der Waals surface area contributed by atoms with E-state index in [-0.39, 0.29) is 117 Å². The molecule has 1 heterocycles. The number of benzene rings is 3. The largest absolute Gasteiger partial charge is 1.00 e. The van der Waals surface area contributed by atoms with Crippen molar-refractivity contribution in [1.82, 2.24) is 9.97 Å². The topological polar surface area (TPSA) is 222 Å². The van der Waals surface area contributed by atoms with E-state index in [1.165, 1.54) is 31.2 Å². The van der Waals surface area contributed by atoms with Crippen LogP contribution < -0.4 is 88.7 Å².